The lowest BCUT2D eigenvalue weighted by atomic mass is 9.74. The van der Waals surface area contributed by atoms with Crippen molar-refractivity contribution in [2.45, 2.75) is 18.3 Å². The topological polar surface area (TPSA) is 78.8 Å². The van der Waals surface area contributed by atoms with Crippen LogP contribution >= 0.6 is 11.3 Å². The van der Waals surface area contributed by atoms with E-state index in [1.807, 2.05) is 18.3 Å². The lowest BCUT2D eigenvalue weighted by Gasteiger charge is -2.36. The molecular formula is C25H28N4O3S. The second-order valence-corrected chi connectivity index (χ2v) is 9.67. The number of thiazole rings is 1. The van der Waals surface area contributed by atoms with Crippen LogP contribution in [0.4, 0.5) is 5.82 Å². The molecular weight excluding hydrogens is 436 g/mol. The Morgan fingerprint density at radius 2 is 1.79 bits per heavy atom. The maximum absolute atomic E-state index is 11.3. The van der Waals surface area contributed by atoms with E-state index in [0.717, 1.165) is 66.7 Å². The molecule has 0 amide bonds. The van der Waals surface area contributed by atoms with E-state index in [1.165, 1.54) is 0 Å². The predicted molar refractivity (Wildman–Crippen MR) is 129 cm³/mol. The number of hydrogen-bond donors (Lipinski definition) is 1. The Kier molecular flexibility index (Phi) is 6.14. The van der Waals surface area contributed by atoms with Crippen molar-refractivity contribution in [2.75, 3.05) is 51.3 Å². The van der Waals surface area contributed by atoms with Crippen molar-refractivity contribution in [2.24, 2.45) is 0 Å². The van der Waals surface area contributed by atoms with Crippen LogP contribution in [0.5, 0.6) is 0 Å². The Balaban J connectivity index is 1.41. The summed E-state index contributed by atoms with van der Waals surface area (Å²) < 4.78 is 5.66. The highest BCUT2D eigenvalue weighted by Gasteiger charge is 2.39. The van der Waals surface area contributed by atoms with E-state index < -0.39 is 5.97 Å². The molecule has 0 unspecified atom stereocenters. The molecule has 2 aliphatic heterocycles. The summed E-state index contributed by atoms with van der Waals surface area (Å²) in [4.78, 5) is 25.7. The molecule has 3 aromatic rings. The molecule has 1 aromatic carbocycles. The minimum absolute atomic E-state index is 0.259. The number of anilines is 1. The van der Waals surface area contributed by atoms with Crippen molar-refractivity contribution in [1.82, 2.24) is 14.9 Å². The molecule has 1 N–H and O–H groups in total. The van der Waals surface area contributed by atoms with Crippen LogP contribution in [0.3, 0.4) is 0 Å². The zero-order chi connectivity index (χ0) is 22.8. The van der Waals surface area contributed by atoms with Gasteiger partial charge in [0.2, 0.25) is 0 Å². The average Bonchev–Trinajstić information content (AvgIpc) is 3.36. The molecule has 0 aliphatic carbocycles. The van der Waals surface area contributed by atoms with Gasteiger partial charge in [-0.15, -0.1) is 11.3 Å². The van der Waals surface area contributed by atoms with Gasteiger partial charge in [-0.3, -0.25) is 0 Å². The summed E-state index contributed by atoms with van der Waals surface area (Å²) in [5.74, 6) is 0.105. The fourth-order valence-electron chi connectivity index (χ4n) is 4.66. The number of ether oxygens (including phenoxy) is 1. The first-order valence-corrected chi connectivity index (χ1v) is 12.2. The molecule has 0 bridgehead atoms. The molecule has 2 saturated heterocycles. The second kappa shape index (κ2) is 9.21. The van der Waals surface area contributed by atoms with Gasteiger partial charge in [0.1, 0.15) is 10.8 Å². The number of nitrogens with zero attached hydrogens (tertiary/aromatic N) is 4. The van der Waals surface area contributed by atoms with Gasteiger partial charge in [0.15, 0.2) is 0 Å². The molecule has 2 fully saturated rings. The summed E-state index contributed by atoms with van der Waals surface area (Å²) in [5.41, 5.74) is 3.08. The average molecular weight is 465 g/mol. The Labute approximate surface area is 197 Å². The highest BCUT2D eigenvalue weighted by Crippen LogP contribution is 2.43. The molecule has 2 aliphatic rings. The van der Waals surface area contributed by atoms with Crippen LogP contribution in [-0.4, -0.2) is 72.4 Å². The number of carboxylic acids is 1. The number of rotatable bonds is 5. The molecule has 33 heavy (non-hydrogen) atoms. The molecule has 2 aromatic heterocycles. The molecule has 0 spiro atoms. The quantitative estimate of drug-likeness (QED) is 0.616. The summed E-state index contributed by atoms with van der Waals surface area (Å²) in [6, 6.07) is 11.4. The third-order valence-electron chi connectivity index (χ3n) is 6.82. The maximum atomic E-state index is 11.3. The number of carboxylic acid groups (broad SMARTS) is 1. The number of aromatic carboxylic acids is 1. The van der Waals surface area contributed by atoms with Gasteiger partial charge < -0.3 is 19.6 Å². The standard InChI is InChI=1S/C25H28N4O3S/c1-28-10-12-29(13-11-28)22-7-4-19(16-26-22)21-17-33-24(27-21)25(8-14-32-15-9-25)20-5-2-18(3-6-20)23(30)31/h2-7,16-17H,8-15H2,1H3,(H,30,31). The monoisotopic (exact) mass is 464 g/mol. The summed E-state index contributed by atoms with van der Waals surface area (Å²) >= 11 is 1.66. The van der Waals surface area contributed by atoms with Crippen LogP contribution in [-0.2, 0) is 10.2 Å². The minimum atomic E-state index is -0.911. The van der Waals surface area contributed by atoms with Crippen LogP contribution in [0, 0.1) is 0 Å². The molecule has 4 heterocycles. The fraction of sp³-hybridized carbons (Fsp3) is 0.400. The number of hydrogen-bond acceptors (Lipinski definition) is 7. The Hall–Kier alpha value is -2.81. The van der Waals surface area contributed by atoms with Crippen LogP contribution in [0.15, 0.2) is 48.0 Å². The van der Waals surface area contributed by atoms with Gasteiger partial charge in [-0.2, -0.15) is 0 Å². The van der Waals surface area contributed by atoms with Gasteiger partial charge in [-0.25, -0.2) is 14.8 Å². The van der Waals surface area contributed by atoms with E-state index in [0.29, 0.717) is 18.8 Å². The predicted octanol–water partition coefficient (Wildman–Crippen LogP) is 3.75. The van der Waals surface area contributed by atoms with Gasteiger partial charge in [0.05, 0.1) is 16.7 Å². The first kappa shape index (κ1) is 22.0. The lowest BCUT2D eigenvalue weighted by molar-refractivity contribution is 0.0629. The first-order chi connectivity index (χ1) is 16.0. The van der Waals surface area contributed by atoms with Crippen molar-refractivity contribution < 1.29 is 14.6 Å². The zero-order valence-corrected chi connectivity index (χ0v) is 19.6. The molecule has 8 heteroatoms. The van der Waals surface area contributed by atoms with Gasteiger partial charge in [0, 0.05) is 56.5 Å². The van der Waals surface area contributed by atoms with E-state index in [1.54, 1.807) is 23.5 Å². The van der Waals surface area contributed by atoms with Gasteiger partial charge in [0.25, 0.3) is 0 Å². The zero-order valence-electron chi connectivity index (χ0n) is 18.7. The summed E-state index contributed by atoms with van der Waals surface area (Å²) in [6.07, 6.45) is 3.57. The molecule has 0 radical (unpaired) electrons. The normalized spacial score (nSPS) is 18.9. The van der Waals surface area contributed by atoms with Crippen molar-refractivity contribution >= 4 is 23.1 Å². The van der Waals surface area contributed by atoms with E-state index >= 15 is 0 Å². The van der Waals surface area contributed by atoms with Gasteiger partial charge in [-0.1, -0.05) is 12.1 Å². The lowest BCUT2D eigenvalue weighted by Crippen LogP contribution is -2.44. The number of aromatic nitrogens is 2. The van der Waals surface area contributed by atoms with Crippen molar-refractivity contribution in [3.05, 3.63) is 64.1 Å². The van der Waals surface area contributed by atoms with Crippen molar-refractivity contribution in [3.63, 3.8) is 0 Å². The fourth-order valence-corrected chi connectivity index (χ4v) is 5.77. The van der Waals surface area contributed by atoms with Crippen molar-refractivity contribution in [1.29, 1.82) is 0 Å². The minimum Gasteiger partial charge on any atom is -0.478 e. The van der Waals surface area contributed by atoms with Crippen LogP contribution in [0.2, 0.25) is 0 Å². The summed E-state index contributed by atoms with van der Waals surface area (Å²) in [6.45, 7) is 5.42. The van der Waals surface area contributed by atoms with Crippen LogP contribution < -0.4 is 4.90 Å². The van der Waals surface area contributed by atoms with E-state index in [4.69, 9.17) is 14.7 Å². The maximum Gasteiger partial charge on any atom is 0.335 e. The Morgan fingerprint density at radius 1 is 1.06 bits per heavy atom. The van der Waals surface area contributed by atoms with Gasteiger partial charge in [-0.05, 0) is 49.7 Å². The third kappa shape index (κ3) is 4.38. The van der Waals surface area contributed by atoms with E-state index in [-0.39, 0.29) is 5.41 Å². The molecule has 0 atom stereocenters. The van der Waals surface area contributed by atoms with Crippen LogP contribution in [0.1, 0.15) is 33.8 Å². The number of benzene rings is 1. The highest BCUT2D eigenvalue weighted by atomic mass is 32.1. The van der Waals surface area contributed by atoms with E-state index in [2.05, 4.69) is 34.4 Å². The number of pyridine rings is 1. The summed E-state index contributed by atoms with van der Waals surface area (Å²) in [7, 11) is 2.15. The molecule has 5 rings (SSSR count). The molecule has 0 saturated carbocycles. The van der Waals surface area contributed by atoms with E-state index in [9.17, 15) is 9.90 Å². The Bertz CT molecular complexity index is 1100. The molecule has 172 valence electrons. The van der Waals surface area contributed by atoms with Crippen molar-refractivity contribution in [3.8, 4) is 11.3 Å². The van der Waals surface area contributed by atoms with Gasteiger partial charge >= 0.3 is 5.97 Å². The largest absolute Gasteiger partial charge is 0.478 e. The SMILES string of the molecule is CN1CCN(c2ccc(-c3csc(C4(c5ccc(C(=O)O)cc5)CCOCC4)n3)cn2)CC1. The Morgan fingerprint density at radius 3 is 2.42 bits per heavy atom. The second-order valence-electron chi connectivity index (χ2n) is 8.81. The van der Waals surface area contributed by atoms with Crippen LogP contribution in [0.25, 0.3) is 11.3 Å². The third-order valence-corrected chi connectivity index (χ3v) is 7.86. The number of piperazine rings is 1. The first-order valence-electron chi connectivity index (χ1n) is 11.3. The smallest absolute Gasteiger partial charge is 0.335 e. The highest BCUT2D eigenvalue weighted by molar-refractivity contribution is 7.10. The number of likely N-dealkylation sites (N-methyl/N-ethyl adjacent to an activating group) is 1. The molecule has 7 nitrogen and oxygen atoms in total. The number of carbonyl (C=O) groups is 1. The summed E-state index contributed by atoms with van der Waals surface area (Å²) in [5, 5.41) is 12.4.